The molecule has 2 aliphatic carbocycles. The Bertz CT molecular complexity index is 2280. The fourth-order valence-corrected chi connectivity index (χ4v) is 10.2. The smallest absolute Gasteiger partial charge is 0.416 e. The Morgan fingerprint density at radius 3 is 2.53 bits per heavy atom. The summed E-state index contributed by atoms with van der Waals surface area (Å²) in [7, 11) is -3.95. The highest BCUT2D eigenvalue weighted by molar-refractivity contribution is 7.91. The topological polar surface area (TPSA) is 167 Å². The summed E-state index contributed by atoms with van der Waals surface area (Å²) in [5, 5.41) is 7.27. The molecule has 0 bridgehead atoms. The van der Waals surface area contributed by atoms with Crippen LogP contribution in [0, 0.1) is 11.7 Å². The third-order valence-electron chi connectivity index (χ3n) is 11.6. The molecule has 1 aromatic heterocycles. The number of fused-ring (bicyclic) bond motifs is 3. The third kappa shape index (κ3) is 8.67. The number of amides is 4. The van der Waals surface area contributed by atoms with Crippen molar-refractivity contribution in [2.45, 2.75) is 106 Å². The number of thiazole rings is 1. The Morgan fingerprint density at radius 1 is 1.02 bits per heavy atom. The maximum atomic E-state index is 14.7. The van der Waals surface area contributed by atoms with Crippen LogP contribution in [0.3, 0.4) is 0 Å². The largest absolute Gasteiger partial charge is 0.444 e. The summed E-state index contributed by atoms with van der Waals surface area (Å²) >= 11 is 1.15. The van der Waals surface area contributed by atoms with Gasteiger partial charge in [0.25, 0.3) is 5.91 Å². The summed E-state index contributed by atoms with van der Waals surface area (Å²) in [4.78, 5) is 63.4. The van der Waals surface area contributed by atoms with Gasteiger partial charge in [0, 0.05) is 35.4 Å². The molecule has 4 heterocycles. The molecule has 5 aliphatic rings. The van der Waals surface area contributed by atoms with Crippen molar-refractivity contribution >= 4 is 50.3 Å². The number of hydrogen-bond donors (Lipinski definition) is 3. The van der Waals surface area contributed by atoms with Gasteiger partial charge in [0.1, 0.15) is 29.5 Å². The average Bonchev–Trinajstić information content (AvgIpc) is 3.99. The number of hydrogen-bond acceptors (Lipinski definition) is 10. The monoisotopic (exact) mass is 858 g/mol. The summed E-state index contributed by atoms with van der Waals surface area (Å²) in [5.74, 6) is -3.05. The number of nitrogens with one attached hydrogen (secondary N) is 3. The van der Waals surface area contributed by atoms with Crippen molar-refractivity contribution < 1.29 is 49.9 Å². The number of halogens is 4. The van der Waals surface area contributed by atoms with Gasteiger partial charge in [-0.2, -0.15) is 13.2 Å². The van der Waals surface area contributed by atoms with E-state index in [-0.39, 0.29) is 32.5 Å². The van der Waals surface area contributed by atoms with E-state index in [2.05, 4.69) is 20.3 Å². The van der Waals surface area contributed by atoms with Crippen LogP contribution < -0.4 is 15.4 Å². The van der Waals surface area contributed by atoms with Crippen LogP contribution in [-0.2, 0) is 48.4 Å². The number of alkyl halides is 3. The Labute approximate surface area is 341 Å². The number of sulfonamides is 1. The normalized spacial score (nSPS) is 26.7. The summed E-state index contributed by atoms with van der Waals surface area (Å²) in [5.41, 5.74) is -0.550. The van der Waals surface area contributed by atoms with Gasteiger partial charge in [-0.25, -0.2) is 22.6 Å². The Morgan fingerprint density at radius 2 is 1.80 bits per heavy atom. The molecule has 8 rings (SSSR count). The maximum absolute atomic E-state index is 14.7. The predicted molar refractivity (Wildman–Crippen MR) is 207 cm³/mol. The van der Waals surface area contributed by atoms with Gasteiger partial charge in [-0.05, 0) is 62.3 Å². The van der Waals surface area contributed by atoms with E-state index in [1.54, 1.807) is 17.5 Å². The van der Waals surface area contributed by atoms with Crippen molar-refractivity contribution in [2.24, 2.45) is 5.92 Å². The lowest BCUT2D eigenvalue weighted by molar-refractivity contribution is -0.140. The van der Waals surface area contributed by atoms with Crippen LogP contribution in [0.5, 0.6) is 0 Å². The van der Waals surface area contributed by atoms with Crippen molar-refractivity contribution in [3.63, 3.8) is 0 Å². The van der Waals surface area contributed by atoms with E-state index in [0.29, 0.717) is 59.6 Å². The van der Waals surface area contributed by atoms with E-state index in [4.69, 9.17) is 4.74 Å². The van der Waals surface area contributed by atoms with Crippen LogP contribution in [0.1, 0.15) is 74.5 Å². The van der Waals surface area contributed by atoms with E-state index < -0.39 is 86.3 Å². The zero-order valence-electron chi connectivity index (χ0n) is 31.7. The highest BCUT2D eigenvalue weighted by atomic mass is 32.2. The van der Waals surface area contributed by atoms with Gasteiger partial charge < -0.3 is 20.3 Å². The summed E-state index contributed by atoms with van der Waals surface area (Å²) in [6, 6.07) is 6.96. The van der Waals surface area contributed by atoms with E-state index in [1.807, 2.05) is 12.2 Å². The fourth-order valence-electron chi connectivity index (χ4n) is 8.03. The van der Waals surface area contributed by atoms with Crippen molar-refractivity contribution in [1.82, 2.24) is 24.8 Å². The van der Waals surface area contributed by atoms with Gasteiger partial charge >= 0.3 is 12.3 Å². The first-order valence-corrected chi connectivity index (χ1v) is 22.0. The molecule has 3 fully saturated rings. The lowest BCUT2D eigenvalue weighted by Gasteiger charge is -2.29. The summed E-state index contributed by atoms with van der Waals surface area (Å²) in [6.45, 7) is -0.107. The van der Waals surface area contributed by atoms with Gasteiger partial charge in [0.2, 0.25) is 21.8 Å². The Kier molecular flexibility index (Phi) is 10.9. The van der Waals surface area contributed by atoms with Crippen molar-refractivity contribution in [3.8, 4) is 11.3 Å². The molecule has 5 atom stereocenters. The molecule has 3 aliphatic heterocycles. The zero-order valence-corrected chi connectivity index (χ0v) is 33.3. The predicted octanol–water partition coefficient (Wildman–Crippen LogP) is 5.87. The number of nitrogens with zero attached hydrogens (tertiary/aromatic N) is 3. The van der Waals surface area contributed by atoms with Gasteiger partial charge in [0.15, 0.2) is 5.13 Å². The van der Waals surface area contributed by atoms with E-state index in [9.17, 15) is 45.2 Å². The second-order valence-corrected chi connectivity index (χ2v) is 18.6. The molecule has 19 heteroatoms. The minimum absolute atomic E-state index is 0.0231. The molecule has 0 spiro atoms. The van der Waals surface area contributed by atoms with E-state index in [1.165, 1.54) is 28.0 Å². The molecule has 1 saturated heterocycles. The quantitative estimate of drug-likeness (QED) is 0.195. The minimum atomic E-state index is -4.50. The van der Waals surface area contributed by atoms with Crippen LogP contribution in [-0.4, -0.2) is 82.5 Å². The minimum Gasteiger partial charge on any atom is -0.444 e. The Balaban J connectivity index is 1.05. The van der Waals surface area contributed by atoms with Crippen LogP contribution in [0.15, 0.2) is 60.0 Å². The summed E-state index contributed by atoms with van der Waals surface area (Å²) in [6.07, 6.45) is 1.36. The first-order valence-electron chi connectivity index (χ1n) is 19.6. The zero-order chi connectivity index (χ0) is 41.7. The fraction of sp³-hybridized carbons (Fsp3) is 0.475. The molecule has 4 amide bonds. The number of carbonyl (C=O) groups excluding carboxylic acids is 4. The molecule has 2 saturated carbocycles. The van der Waals surface area contributed by atoms with Crippen molar-refractivity contribution in [1.29, 1.82) is 0 Å². The lowest BCUT2D eigenvalue weighted by atomic mass is 10.1. The second kappa shape index (κ2) is 15.9. The highest BCUT2D eigenvalue weighted by Gasteiger charge is 2.62. The third-order valence-corrected chi connectivity index (χ3v) is 14.2. The Hall–Kier alpha value is -5.04. The number of anilines is 1. The maximum Gasteiger partial charge on any atom is 0.416 e. The summed E-state index contributed by atoms with van der Waals surface area (Å²) < 4.78 is 87.8. The van der Waals surface area contributed by atoms with Crippen LogP contribution in [0.4, 0.5) is 27.5 Å². The molecule has 13 nitrogen and oxygen atoms in total. The van der Waals surface area contributed by atoms with Gasteiger partial charge in [-0.15, -0.1) is 11.3 Å². The lowest BCUT2D eigenvalue weighted by Crippen LogP contribution is -2.57. The van der Waals surface area contributed by atoms with E-state index in [0.717, 1.165) is 36.3 Å². The van der Waals surface area contributed by atoms with E-state index >= 15 is 0 Å². The van der Waals surface area contributed by atoms with Crippen molar-refractivity contribution in [2.75, 3.05) is 11.9 Å². The van der Waals surface area contributed by atoms with Crippen molar-refractivity contribution in [3.05, 3.63) is 82.5 Å². The standard InChI is InChI=1S/C40H42F4N6O7S2/c41-30-9-6-7-24-19-49(21-29(24)30)38(54)57-27-17-33-34(51)47-39(36(53)48-59(55,56)28-15-16-28)18-26(39)8-4-2-1-3-5-10-31(35(52)50(33)20-27)45-37-46-32(22-58-37)23-11-13-25(14-12-23)40(42,43)44/h4,6-9,11-14,22,26-28,31,33H,1-3,5,10,15-21H2,(H,45,46)(H,47,51)(H,48,53)/b8-4-/t26-,27-,31+,33+,39-/m1/s1. The SMILES string of the molecule is O=C1N[C@]2(C(=O)NS(=O)(=O)C3CC3)C[C@H]2/C=C\CCCCC[C@H](Nc2nc(-c3ccc(C(F)(F)F)cc3)cs2)C(=O)N2C[C@H](OC(=O)N3Cc4cccc(F)c4C3)C[C@@H]12. The van der Waals surface area contributed by atoms with Crippen LogP contribution in [0.2, 0.25) is 0 Å². The van der Waals surface area contributed by atoms with Gasteiger partial charge in [0.05, 0.1) is 29.6 Å². The molecule has 59 heavy (non-hydrogen) atoms. The first kappa shape index (κ1) is 40.7. The molecule has 0 radical (unpaired) electrons. The van der Waals surface area contributed by atoms with Gasteiger partial charge in [-0.3, -0.25) is 24.0 Å². The number of allylic oxidation sites excluding steroid dienone is 1. The molecule has 0 unspecified atom stereocenters. The van der Waals surface area contributed by atoms with Crippen LogP contribution in [0.25, 0.3) is 11.3 Å². The number of carbonyl (C=O) groups is 4. The highest BCUT2D eigenvalue weighted by Crippen LogP contribution is 2.46. The molecular weight excluding hydrogens is 817 g/mol. The van der Waals surface area contributed by atoms with Gasteiger partial charge in [-0.1, -0.05) is 49.3 Å². The first-order chi connectivity index (χ1) is 28.1. The average molecular weight is 859 g/mol. The molecule has 3 aromatic rings. The number of rotatable bonds is 7. The molecule has 2 aromatic carbocycles. The second-order valence-electron chi connectivity index (χ2n) is 15.8. The number of aromatic nitrogens is 1. The van der Waals surface area contributed by atoms with Crippen LogP contribution >= 0.6 is 11.3 Å². The number of ether oxygens (including phenoxy) is 1. The molecule has 314 valence electrons. The molecule has 3 N–H and O–H groups in total. The number of benzene rings is 2. The molecular formula is C40H42F4N6O7S2.